The van der Waals surface area contributed by atoms with Crippen molar-refractivity contribution in [1.82, 2.24) is 0 Å². The van der Waals surface area contributed by atoms with Crippen molar-refractivity contribution >= 4 is 11.5 Å². The van der Waals surface area contributed by atoms with Gasteiger partial charge in [-0.1, -0.05) is 18.2 Å². The Balaban J connectivity index is 2.21. The maximum atomic E-state index is 11.6. The van der Waals surface area contributed by atoms with Crippen LogP contribution in [0, 0.1) is 6.92 Å². The second-order valence-electron chi connectivity index (χ2n) is 4.86. The van der Waals surface area contributed by atoms with Crippen molar-refractivity contribution < 1.29 is 4.79 Å². The molecule has 0 saturated heterocycles. The van der Waals surface area contributed by atoms with Crippen molar-refractivity contribution in [2.24, 2.45) is 0 Å². The van der Waals surface area contributed by atoms with Crippen LogP contribution in [0.3, 0.4) is 0 Å². The molecule has 1 unspecified atom stereocenters. The Kier molecular flexibility index (Phi) is 3.82. The molecular weight excluding hydrogens is 210 g/mol. The number of carbonyl (C=O) groups excluding carboxylic acids is 1. The zero-order chi connectivity index (χ0) is 12.3. The maximum absolute atomic E-state index is 11.6. The highest BCUT2D eigenvalue weighted by molar-refractivity contribution is 5.80. The summed E-state index contributed by atoms with van der Waals surface area (Å²) in [5, 5.41) is 0. The maximum Gasteiger partial charge on any atom is 0.134 e. The number of nitrogens with zero attached hydrogens (tertiary/aromatic N) is 1. The van der Waals surface area contributed by atoms with Gasteiger partial charge in [-0.2, -0.15) is 0 Å². The van der Waals surface area contributed by atoms with Crippen molar-refractivity contribution in [3.63, 3.8) is 0 Å². The van der Waals surface area contributed by atoms with Gasteiger partial charge >= 0.3 is 0 Å². The molecule has 1 aliphatic rings. The van der Waals surface area contributed by atoms with Crippen molar-refractivity contribution in [3.05, 3.63) is 29.8 Å². The lowest BCUT2D eigenvalue weighted by atomic mass is 9.92. The fourth-order valence-corrected chi connectivity index (χ4v) is 2.78. The van der Waals surface area contributed by atoms with E-state index in [9.17, 15) is 4.79 Å². The molecule has 0 N–H and O–H groups in total. The minimum absolute atomic E-state index is 0.405. The number of hydrogen-bond donors (Lipinski definition) is 0. The number of benzene rings is 1. The summed E-state index contributed by atoms with van der Waals surface area (Å²) in [6, 6.07) is 8.86. The first-order valence-electron chi connectivity index (χ1n) is 6.56. The van der Waals surface area contributed by atoms with Gasteiger partial charge < -0.3 is 4.90 Å². The van der Waals surface area contributed by atoms with Crippen molar-refractivity contribution in [2.75, 3.05) is 11.4 Å². The zero-order valence-electron chi connectivity index (χ0n) is 10.8. The Morgan fingerprint density at radius 2 is 2.12 bits per heavy atom. The molecule has 0 aliphatic heterocycles. The zero-order valence-corrected chi connectivity index (χ0v) is 10.8. The molecule has 1 atom stereocenters. The first-order chi connectivity index (χ1) is 8.22. The summed E-state index contributed by atoms with van der Waals surface area (Å²) in [6.07, 6.45) is 3.70. The summed E-state index contributed by atoms with van der Waals surface area (Å²) >= 11 is 0. The monoisotopic (exact) mass is 231 g/mol. The first kappa shape index (κ1) is 12.2. The van der Waals surface area contributed by atoms with Gasteiger partial charge in [0.15, 0.2) is 0 Å². The Bertz CT molecular complexity index is 400. The molecule has 0 bridgehead atoms. The molecule has 1 aromatic carbocycles. The molecule has 1 aromatic rings. The molecule has 0 heterocycles. The molecule has 0 radical (unpaired) electrons. The van der Waals surface area contributed by atoms with Gasteiger partial charge in [0, 0.05) is 31.1 Å². The Hall–Kier alpha value is -1.31. The second-order valence-corrected chi connectivity index (χ2v) is 4.86. The van der Waals surface area contributed by atoms with Crippen LogP contribution in [0.1, 0.15) is 38.2 Å². The standard InChI is InChI=1S/C15H21NO/c1-3-16(13-8-6-9-14(17)11-13)15-10-5-4-7-12(15)2/h4-5,7,10,13H,3,6,8-9,11H2,1-2H3. The lowest BCUT2D eigenvalue weighted by Gasteiger charge is -2.35. The highest BCUT2D eigenvalue weighted by Gasteiger charge is 2.25. The third-order valence-corrected chi connectivity index (χ3v) is 3.66. The normalized spacial score (nSPS) is 20.4. The van der Waals surface area contributed by atoms with E-state index in [-0.39, 0.29) is 0 Å². The fourth-order valence-electron chi connectivity index (χ4n) is 2.78. The fraction of sp³-hybridized carbons (Fsp3) is 0.533. The lowest BCUT2D eigenvalue weighted by molar-refractivity contribution is -0.120. The van der Waals surface area contributed by atoms with Crippen LogP contribution in [-0.2, 0) is 4.79 Å². The molecule has 2 heteroatoms. The summed E-state index contributed by atoms with van der Waals surface area (Å²) in [5.74, 6) is 0.424. The van der Waals surface area contributed by atoms with Crippen LogP contribution >= 0.6 is 0 Å². The summed E-state index contributed by atoms with van der Waals surface area (Å²) in [5.41, 5.74) is 2.59. The van der Waals surface area contributed by atoms with Gasteiger partial charge in [0.1, 0.15) is 5.78 Å². The topological polar surface area (TPSA) is 20.3 Å². The number of hydrogen-bond acceptors (Lipinski definition) is 2. The van der Waals surface area contributed by atoms with Crippen LogP contribution in [-0.4, -0.2) is 18.4 Å². The number of Topliss-reactive ketones (excluding diaryl/α,β-unsaturated/α-hetero) is 1. The van der Waals surface area contributed by atoms with Crippen LogP contribution in [0.15, 0.2) is 24.3 Å². The number of carbonyl (C=O) groups is 1. The van der Waals surface area contributed by atoms with Gasteiger partial charge in [-0.25, -0.2) is 0 Å². The molecule has 92 valence electrons. The van der Waals surface area contributed by atoms with Crippen LogP contribution in [0.4, 0.5) is 5.69 Å². The number of ketones is 1. The van der Waals surface area contributed by atoms with Crippen molar-refractivity contribution in [1.29, 1.82) is 0 Å². The number of para-hydroxylation sites is 1. The Labute approximate surface area is 104 Å². The van der Waals surface area contributed by atoms with E-state index in [0.717, 1.165) is 32.2 Å². The SMILES string of the molecule is CCN(c1ccccc1C)C1CCCC(=O)C1. The van der Waals surface area contributed by atoms with Crippen LogP contribution in [0.25, 0.3) is 0 Å². The quantitative estimate of drug-likeness (QED) is 0.795. The summed E-state index contributed by atoms with van der Waals surface area (Å²) in [6.45, 7) is 5.29. The highest BCUT2D eigenvalue weighted by atomic mass is 16.1. The Morgan fingerprint density at radius 3 is 2.76 bits per heavy atom. The molecule has 1 fully saturated rings. The van der Waals surface area contributed by atoms with Gasteiger partial charge in [-0.3, -0.25) is 4.79 Å². The van der Waals surface area contributed by atoms with Gasteiger partial charge in [-0.05, 0) is 38.3 Å². The molecule has 1 saturated carbocycles. The van der Waals surface area contributed by atoms with Crippen LogP contribution in [0.2, 0.25) is 0 Å². The molecule has 17 heavy (non-hydrogen) atoms. The third kappa shape index (κ3) is 2.68. The number of rotatable bonds is 3. The van der Waals surface area contributed by atoms with E-state index in [1.54, 1.807) is 0 Å². The second kappa shape index (κ2) is 5.35. The van der Waals surface area contributed by atoms with Crippen molar-refractivity contribution in [3.8, 4) is 0 Å². The van der Waals surface area contributed by atoms with Crippen LogP contribution < -0.4 is 4.90 Å². The van der Waals surface area contributed by atoms with E-state index in [1.807, 2.05) is 0 Å². The van der Waals surface area contributed by atoms with Gasteiger partial charge in [0.05, 0.1) is 0 Å². The number of aryl methyl sites for hydroxylation is 1. The predicted molar refractivity (Wildman–Crippen MR) is 71.5 cm³/mol. The summed E-state index contributed by atoms with van der Waals surface area (Å²) < 4.78 is 0. The average molecular weight is 231 g/mol. The third-order valence-electron chi connectivity index (χ3n) is 3.66. The van der Waals surface area contributed by atoms with E-state index < -0.39 is 0 Å². The van der Waals surface area contributed by atoms with Gasteiger partial charge in [0.2, 0.25) is 0 Å². The molecule has 0 spiro atoms. The highest BCUT2D eigenvalue weighted by Crippen LogP contribution is 2.27. The van der Waals surface area contributed by atoms with E-state index in [4.69, 9.17) is 0 Å². The molecule has 2 nitrogen and oxygen atoms in total. The lowest BCUT2D eigenvalue weighted by Crippen LogP contribution is -2.39. The summed E-state index contributed by atoms with van der Waals surface area (Å²) in [7, 11) is 0. The molecule has 1 aliphatic carbocycles. The smallest absolute Gasteiger partial charge is 0.134 e. The number of anilines is 1. The van der Waals surface area contributed by atoms with E-state index in [2.05, 4.69) is 43.0 Å². The van der Waals surface area contributed by atoms with Gasteiger partial charge in [0.25, 0.3) is 0 Å². The Morgan fingerprint density at radius 1 is 1.35 bits per heavy atom. The molecular formula is C15H21NO. The predicted octanol–water partition coefficient (Wildman–Crippen LogP) is 3.33. The first-order valence-corrected chi connectivity index (χ1v) is 6.56. The van der Waals surface area contributed by atoms with Crippen molar-refractivity contribution in [2.45, 2.75) is 45.6 Å². The minimum Gasteiger partial charge on any atom is -0.368 e. The molecule has 0 amide bonds. The minimum atomic E-state index is 0.405. The van der Waals surface area contributed by atoms with E-state index in [0.29, 0.717) is 11.8 Å². The molecule has 0 aromatic heterocycles. The van der Waals surface area contributed by atoms with E-state index >= 15 is 0 Å². The van der Waals surface area contributed by atoms with E-state index in [1.165, 1.54) is 11.3 Å². The average Bonchev–Trinajstić information content (AvgIpc) is 2.33. The summed E-state index contributed by atoms with van der Waals surface area (Å²) in [4.78, 5) is 14.0. The van der Waals surface area contributed by atoms with Crippen LogP contribution in [0.5, 0.6) is 0 Å². The largest absolute Gasteiger partial charge is 0.368 e. The molecule has 2 rings (SSSR count). The van der Waals surface area contributed by atoms with Gasteiger partial charge in [-0.15, -0.1) is 0 Å².